The number of carbonyl (C=O) groups is 1. The first kappa shape index (κ1) is 20.6. The van der Waals surface area contributed by atoms with Gasteiger partial charge in [0.2, 0.25) is 0 Å². The molecule has 0 radical (unpaired) electrons. The van der Waals surface area contributed by atoms with Gasteiger partial charge in [-0.2, -0.15) is 0 Å². The van der Waals surface area contributed by atoms with E-state index in [1.807, 2.05) is 73.3 Å². The van der Waals surface area contributed by atoms with Gasteiger partial charge < -0.3 is 14.0 Å². The normalized spacial score (nSPS) is 10.6. The highest BCUT2D eigenvalue weighted by atomic mass is 32.1. The van der Waals surface area contributed by atoms with E-state index in [2.05, 4.69) is 15.3 Å². The van der Waals surface area contributed by atoms with Crippen molar-refractivity contribution in [1.29, 1.82) is 0 Å². The summed E-state index contributed by atoms with van der Waals surface area (Å²) in [7, 11) is 1.93. The third-order valence-corrected chi connectivity index (χ3v) is 5.42. The number of rotatable bonds is 8. The van der Waals surface area contributed by atoms with Gasteiger partial charge in [0.1, 0.15) is 0 Å². The molecule has 1 N–H and O–H groups in total. The molecule has 2 aromatic heterocycles. The van der Waals surface area contributed by atoms with Crippen molar-refractivity contribution in [1.82, 2.24) is 14.5 Å². The third kappa shape index (κ3) is 4.75. The van der Waals surface area contributed by atoms with Crippen LogP contribution >= 0.6 is 11.3 Å². The van der Waals surface area contributed by atoms with Gasteiger partial charge in [0, 0.05) is 25.0 Å². The molecule has 0 fully saturated rings. The van der Waals surface area contributed by atoms with Crippen LogP contribution in [0.5, 0.6) is 11.5 Å². The van der Waals surface area contributed by atoms with E-state index >= 15 is 0 Å². The molecule has 0 spiro atoms. The van der Waals surface area contributed by atoms with Gasteiger partial charge in [-0.25, -0.2) is 9.97 Å². The predicted molar refractivity (Wildman–Crippen MR) is 121 cm³/mol. The number of aryl methyl sites for hydroxylation is 1. The Kier molecular flexibility index (Phi) is 6.28. The molecular formula is C23H22N4O3S. The molecule has 4 rings (SSSR count). The number of nitrogens with zero attached hydrogens (tertiary/aromatic N) is 3. The Hall–Kier alpha value is -3.65. The van der Waals surface area contributed by atoms with Crippen molar-refractivity contribution in [3.05, 3.63) is 67.0 Å². The molecule has 0 bridgehead atoms. The summed E-state index contributed by atoms with van der Waals surface area (Å²) in [6.07, 6.45) is 3.62. The van der Waals surface area contributed by atoms with E-state index in [9.17, 15) is 4.79 Å². The predicted octanol–water partition coefficient (Wildman–Crippen LogP) is 4.63. The number of anilines is 1. The molecule has 0 saturated heterocycles. The summed E-state index contributed by atoms with van der Waals surface area (Å²) in [6.45, 7) is 2.27. The first-order valence-corrected chi connectivity index (χ1v) is 10.7. The maximum atomic E-state index is 12.5. The summed E-state index contributed by atoms with van der Waals surface area (Å²) in [6, 6.07) is 17.1. The van der Waals surface area contributed by atoms with E-state index in [1.54, 1.807) is 12.3 Å². The fourth-order valence-electron chi connectivity index (χ4n) is 3.04. The number of hydrogen-bond acceptors (Lipinski definition) is 6. The van der Waals surface area contributed by atoms with Gasteiger partial charge >= 0.3 is 0 Å². The Balaban J connectivity index is 1.53. The maximum absolute atomic E-state index is 12.5. The Labute approximate surface area is 184 Å². The van der Waals surface area contributed by atoms with E-state index in [0.29, 0.717) is 23.2 Å². The number of nitrogens with one attached hydrogen (secondary N) is 1. The molecule has 2 aromatic carbocycles. The van der Waals surface area contributed by atoms with E-state index in [4.69, 9.17) is 9.47 Å². The topological polar surface area (TPSA) is 78.3 Å². The van der Waals surface area contributed by atoms with Crippen LogP contribution < -0.4 is 14.8 Å². The number of benzene rings is 2. The summed E-state index contributed by atoms with van der Waals surface area (Å²) < 4.78 is 13.1. The largest absolute Gasteiger partial charge is 0.490 e. The SMILES string of the molecule is CCOc1ccccc1OCC(=O)Nc1nc(-c2ccccc2)c(-c2nccn2C)s1. The number of carbonyl (C=O) groups excluding carboxylic acids is 1. The Bertz CT molecular complexity index is 1170. The molecule has 1 amide bonds. The van der Waals surface area contributed by atoms with E-state index in [0.717, 1.165) is 22.0 Å². The smallest absolute Gasteiger partial charge is 0.264 e. The Morgan fingerprint density at radius 1 is 1.06 bits per heavy atom. The van der Waals surface area contributed by atoms with Crippen LogP contribution in [0.15, 0.2) is 67.0 Å². The third-order valence-electron chi connectivity index (χ3n) is 4.45. The molecule has 8 heteroatoms. The number of ether oxygens (including phenoxy) is 2. The summed E-state index contributed by atoms with van der Waals surface area (Å²) >= 11 is 1.38. The summed E-state index contributed by atoms with van der Waals surface area (Å²) in [4.78, 5) is 22.5. The van der Waals surface area contributed by atoms with Crippen molar-refractivity contribution in [2.75, 3.05) is 18.5 Å². The maximum Gasteiger partial charge on any atom is 0.264 e. The summed E-state index contributed by atoms with van der Waals surface area (Å²) in [5.74, 6) is 1.62. The van der Waals surface area contributed by atoms with Gasteiger partial charge in [-0.3, -0.25) is 10.1 Å². The standard InChI is InChI=1S/C23H22N4O3S/c1-3-29-17-11-7-8-12-18(17)30-15-19(28)25-23-26-20(16-9-5-4-6-10-16)21(31-23)22-24-13-14-27(22)2/h4-14H,3,15H2,1-2H3,(H,25,26,28). The van der Waals surface area contributed by atoms with Crippen molar-refractivity contribution in [3.8, 4) is 33.5 Å². The van der Waals surface area contributed by atoms with Gasteiger partial charge in [0.15, 0.2) is 29.1 Å². The lowest BCUT2D eigenvalue weighted by Gasteiger charge is -2.10. The van der Waals surface area contributed by atoms with E-state index < -0.39 is 0 Å². The van der Waals surface area contributed by atoms with Gasteiger partial charge in [0.05, 0.1) is 17.2 Å². The zero-order valence-corrected chi connectivity index (χ0v) is 18.1. The number of aromatic nitrogens is 3. The van der Waals surface area contributed by atoms with Gasteiger partial charge in [-0.15, -0.1) is 0 Å². The quantitative estimate of drug-likeness (QED) is 0.438. The van der Waals surface area contributed by atoms with Crippen LogP contribution in [0.1, 0.15) is 6.92 Å². The molecular weight excluding hydrogens is 412 g/mol. The van der Waals surface area contributed by atoms with Crippen LogP contribution in [-0.4, -0.2) is 33.7 Å². The Morgan fingerprint density at radius 2 is 1.77 bits per heavy atom. The van der Waals surface area contributed by atoms with Gasteiger partial charge in [-0.1, -0.05) is 53.8 Å². The zero-order valence-electron chi connectivity index (χ0n) is 17.2. The first-order chi connectivity index (χ1) is 15.2. The molecule has 0 aliphatic carbocycles. The lowest BCUT2D eigenvalue weighted by Crippen LogP contribution is -2.20. The zero-order chi connectivity index (χ0) is 21.6. The van der Waals surface area contributed by atoms with Crippen LogP contribution in [0.4, 0.5) is 5.13 Å². The Morgan fingerprint density at radius 3 is 2.45 bits per heavy atom. The molecule has 0 aliphatic rings. The molecule has 0 unspecified atom stereocenters. The van der Waals surface area contributed by atoms with Crippen LogP contribution in [0.3, 0.4) is 0 Å². The van der Waals surface area contributed by atoms with E-state index in [-0.39, 0.29) is 12.5 Å². The minimum atomic E-state index is -0.300. The van der Waals surface area contributed by atoms with Crippen molar-refractivity contribution in [2.24, 2.45) is 7.05 Å². The fourth-order valence-corrected chi connectivity index (χ4v) is 4.09. The second-order valence-corrected chi connectivity index (χ2v) is 7.64. The average Bonchev–Trinajstić information content (AvgIpc) is 3.39. The highest BCUT2D eigenvalue weighted by molar-refractivity contribution is 7.19. The van der Waals surface area contributed by atoms with Crippen LogP contribution in [0, 0.1) is 0 Å². The number of hydrogen-bond donors (Lipinski definition) is 1. The molecule has 31 heavy (non-hydrogen) atoms. The second-order valence-electron chi connectivity index (χ2n) is 6.64. The number of amides is 1. The first-order valence-electron chi connectivity index (χ1n) is 9.84. The summed E-state index contributed by atoms with van der Waals surface area (Å²) in [5, 5.41) is 3.33. The average molecular weight is 435 g/mol. The molecule has 0 saturated carbocycles. The minimum absolute atomic E-state index is 0.151. The van der Waals surface area contributed by atoms with Crippen molar-refractivity contribution < 1.29 is 14.3 Å². The lowest BCUT2D eigenvalue weighted by molar-refractivity contribution is -0.118. The fraction of sp³-hybridized carbons (Fsp3) is 0.174. The number of para-hydroxylation sites is 2. The molecule has 0 atom stereocenters. The van der Waals surface area contributed by atoms with Crippen molar-refractivity contribution in [2.45, 2.75) is 6.92 Å². The van der Waals surface area contributed by atoms with Crippen LogP contribution in [0.2, 0.25) is 0 Å². The van der Waals surface area contributed by atoms with Crippen LogP contribution in [0.25, 0.3) is 22.0 Å². The van der Waals surface area contributed by atoms with Gasteiger partial charge in [-0.05, 0) is 19.1 Å². The second kappa shape index (κ2) is 9.44. The molecule has 0 aliphatic heterocycles. The lowest BCUT2D eigenvalue weighted by atomic mass is 10.1. The molecule has 2 heterocycles. The van der Waals surface area contributed by atoms with E-state index in [1.165, 1.54) is 11.3 Å². The number of imidazole rings is 1. The highest BCUT2D eigenvalue weighted by Gasteiger charge is 2.19. The van der Waals surface area contributed by atoms with Crippen molar-refractivity contribution >= 4 is 22.4 Å². The molecule has 158 valence electrons. The summed E-state index contributed by atoms with van der Waals surface area (Å²) in [5.41, 5.74) is 1.73. The molecule has 4 aromatic rings. The minimum Gasteiger partial charge on any atom is -0.490 e. The highest BCUT2D eigenvalue weighted by Crippen LogP contribution is 2.38. The van der Waals surface area contributed by atoms with Crippen LogP contribution in [-0.2, 0) is 11.8 Å². The van der Waals surface area contributed by atoms with Crippen molar-refractivity contribution in [3.63, 3.8) is 0 Å². The molecule has 7 nitrogen and oxygen atoms in total. The monoisotopic (exact) mass is 434 g/mol. The van der Waals surface area contributed by atoms with Gasteiger partial charge in [0.25, 0.3) is 5.91 Å². The number of thiazole rings is 1.